The van der Waals surface area contributed by atoms with Crippen molar-refractivity contribution in [2.24, 2.45) is 0 Å². The van der Waals surface area contributed by atoms with Crippen molar-refractivity contribution in [3.63, 3.8) is 0 Å². The van der Waals surface area contributed by atoms with Gasteiger partial charge in [-0.2, -0.15) is 0 Å². The lowest BCUT2D eigenvalue weighted by Gasteiger charge is -2.17. The lowest BCUT2D eigenvalue weighted by molar-refractivity contribution is 0.371. The van der Waals surface area contributed by atoms with E-state index in [0.29, 0.717) is 0 Å². The first-order valence-electron chi connectivity index (χ1n) is 5.28. The van der Waals surface area contributed by atoms with Crippen molar-refractivity contribution in [3.8, 4) is 0 Å². The molecule has 0 unspecified atom stereocenters. The SMILES string of the molecule is CCc1ccccc1CC.CP1(=O)OSO1. The summed E-state index contributed by atoms with van der Waals surface area (Å²) in [6.45, 7) is 5.83. The van der Waals surface area contributed by atoms with Crippen LogP contribution in [0.5, 0.6) is 0 Å². The third-order valence-electron chi connectivity index (χ3n) is 2.21. The van der Waals surface area contributed by atoms with Gasteiger partial charge < -0.3 is 0 Å². The molecule has 0 spiro atoms. The van der Waals surface area contributed by atoms with Crippen molar-refractivity contribution >= 4 is 19.9 Å². The number of aryl methyl sites for hydroxylation is 2. The van der Waals surface area contributed by atoms with E-state index in [0.717, 1.165) is 25.2 Å². The summed E-state index contributed by atoms with van der Waals surface area (Å²) in [7, 11) is -2.50. The van der Waals surface area contributed by atoms with Gasteiger partial charge in [0.05, 0.1) is 0 Å². The zero-order valence-corrected chi connectivity index (χ0v) is 11.5. The van der Waals surface area contributed by atoms with Crippen LogP contribution in [0, 0.1) is 0 Å². The van der Waals surface area contributed by atoms with Crippen LogP contribution in [0.1, 0.15) is 25.0 Å². The van der Waals surface area contributed by atoms with Gasteiger partial charge in [-0.1, -0.05) is 38.1 Å². The molecule has 90 valence electrons. The molecular weight excluding hydrogens is 243 g/mol. The maximum Gasteiger partial charge on any atom is 0.353 e. The Morgan fingerprint density at radius 1 is 1.12 bits per heavy atom. The van der Waals surface area contributed by atoms with Crippen molar-refractivity contribution in [3.05, 3.63) is 35.4 Å². The van der Waals surface area contributed by atoms with E-state index < -0.39 is 7.60 Å². The van der Waals surface area contributed by atoms with Crippen molar-refractivity contribution in [1.29, 1.82) is 0 Å². The third-order valence-corrected chi connectivity index (χ3v) is 4.86. The maximum atomic E-state index is 10.2. The lowest BCUT2D eigenvalue weighted by Crippen LogP contribution is -1.90. The van der Waals surface area contributed by atoms with E-state index in [1.54, 1.807) is 0 Å². The highest BCUT2D eigenvalue weighted by Crippen LogP contribution is 2.61. The number of benzene rings is 1. The molecule has 1 aliphatic heterocycles. The molecule has 1 fully saturated rings. The molecule has 0 aromatic heterocycles. The van der Waals surface area contributed by atoms with Crippen LogP contribution in [0.25, 0.3) is 0 Å². The highest BCUT2D eigenvalue weighted by atomic mass is 32.2. The lowest BCUT2D eigenvalue weighted by atomic mass is 10.0. The Bertz CT molecular complexity index is 350. The fourth-order valence-electron chi connectivity index (χ4n) is 1.36. The first kappa shape index (κ1) is 13.8. The predicted octanol–water partition coefficient (Wildman–Crippen LogP) is 4.23. The molecule has 1 aliphatic rings. The molecule has 1 heterocycles. The van der Waals surface area contributed by atoms with Gasteiger partial charge in [-0.15, -0.1) is 0 Å². The summed E-state index contributed by atoms with van der Waals surface area (Å²) in [5, 5.41) is 0. The van der Waals surface area contributed by atoms with Gasteiger partial charge in [-0.05, 0) is 24.0 Å². The van der Waals surface area contributed by atoms with Crippen molar-refractivity contribution < 1.29 is 12.5 Å². The van der Waals surface area contributed by atoms with Gasteiger partial charge in [0.15, 0.2) is 12.3 Å². The minimum absolute atomic E-state index is 0.781. The molecule has 1 saturated heterocycles. The van der Waals surface area contributed by atoms with Gasteiger partial charge in [0, 0.05) is 6.66 Å². The van der Waals surface area contributed by atoms with Crippen molar-refractivity contribution in [2.75, 3.05) is 6.66 Å². The Balaban J connectivity index is 0.000000181. The van der Waals surface area contributed by atoms with E-state index in [9.17, 15) is 4.57 Å². The van der Waals surface area contributed by atoms with Gasteiger partial charge >= 0.3 is 7.60 Å². The third kappa shape index (κ3) is 4.30. The summed E-state index contributed by atoms with van der Waals surface area (Å²) in [5.41, 5.74) is 2.98. The summed E-state index contributed by atoms with van der Waals surface area (Å²) < 4.78 is 18.9. The van der Waals surface area contributed by atoms with E-state index in [1.165, 1.54) is 17.8 Å². The van der Waals surface area contributed by atoms with Crippen molar-refractivity contribution in [1.82, 2.24) is 0 Å². The first-order chi connectivity index (χ1) is 7.59. The standard InChI is InChI=1S/C10H14.CH3O3PS/c1-3-9-7-5-6-8-10(9)4-2;1-5(2)3-6-4-5/h5-8H,3-4H2,1-2H3;1H3. The molecule has 16 heavy (non-hydrogen) atoms. The van der Waals surface area contributed by atoms with Crippen LogP contribution < -0.4 is 0 Å². The summed E-state index contributed by atoms with van der Waals surface area (Å²) in [6, 6.07) is 8.63. The second-order valence-electron chi connectivity index (χ2n) is 3.46. The van der Waals surface area contributed by atoms with Crippen LogP contribution in [0.2, 0.25) is 0 Å². The quantitative estimate of drug-likeness (QED) is 0.589. The molecule has 1 aromatic carbocycles. The highest BCUT2D eigenvalue weighted by molar-refractivity contribution is 8.03. The second kappa shape index (κ2) is 6.45. The smallest absolute Gasteiger partial charge is 0.258 e. The second-order valence-corrected chi connectivity index (χ2v) is 6.34. The molecule has 0 radical (unpaired) electrons. The van der Waals surface area contributed by atoms with Gasteiger partial charge in [0.1, 0.15) is 0 Å². The molecule has 1 aromatic rings. The zero-order valence-electron chi connectivity index (χ0n) is 9.80. The van der Waals surface area contributed by atoms with Crippen LogP contribution >= 0.6 is 19.9 Å². The van der Waals surface area contributed by atoms with E-state index in [2.05, 4.69) is 46.1 Å². The van der Waals surface area contributed by atoms with Crippen LogP contribution in [0.4, 0.5) is 0 Å². The molecule has 0 amide bonds. The summed E-state index contributed by atoms with van der Waals surface area (Å²) >= 11 is 0.781. The minimum atomic E-state index is -2.50. The molecule has 3 nitrogen and oxygen atoms in total. The Labute approximate surface area is 101 Å². The Kier molecular flexibility index (Phi) is 5.56. The van der Waals surface area contributed by atoms with Crippen LogP contribution in [0.3, 0.4) is 0 Å². The van der Waals surface area contributed by atoms with Gasteiger partial charge in [0.2, 0.25) is 0 Å². The van der Waals surface area contributed by atoms with Crippen molar-refractivity contribution in [2.45, 2.75) is 26.7 Å². The van der Waals surface area contributed by atoms with Crippen LogP contribution in [0.15, 0.2) is 24.3 Å². The Hall–Kier alpha value is -0.280. The predicted molar refractivity (Wildman–Crippen MR) is 68.5 cm³/mol. The summed E-state index contributed by atoms with van der Waals surface area (Å²) in [6.07, 6.45) is 2.31. The molecule has 0 N–H and O–H groups in total. The summed E-state index contributed by atoms with van der Waals surface area (Å²) in [5.74, 6) is 0. The molecule has 0 bridgehead atoms. The molecule has 2 rings (SSSR count). The van der Waals surface area contributed by atoms with E-state index in [-0.39, 0.29) is 0 Å². The normalized spacial score (nSPS) is 16.9. The van der Waals surface area contributed by atoms with Crippen LogP contribution in [-0.2, 0) is 25.3 Å². The van der Waals surface area contributed by atoms with Gasteiger partial charge in [0.25, 0.3) is 0 Å². The minimum Gasteiger partial charge on any atom is -0.258 e. The fraction of sp³-hybridized carbons (Fsp3) is 0.455. The highest BCUT2D eigenvalue weighted by Gasteiger charge is 2.29. The molecular formula is C11H17O3PS. The Morgan fingerprint density at radius 3 is 1.69 bits per heavy atom. The average Bonchev–Trinajstić information content (AvgIpc) is 2.28. The topological polar surface area (TPSA) is 35.5 Å². The average molecular weight is 260 g/mol. The van der Waals surface area contributed by atoms with E-state index >= 15 is 0 Å². The number of hydrogen-bond acceptors (Lipinski definition) is 4. The van der Waals surface area contributed by atoms with Crippen LogP contribution in [-0.4, -0.2) is 6.66 Å². The van der Waals surface area contributed by atoms with E-state index in [4.69, 9.17) is 0 Å². The van der Waals surface area contributed by atoms with Gasteiger partial charge in [-0.25, -0.2) is 7.94 Å². The van der Waals surface area contributed by atoms with E-state index in [1.807, 2.05) is 0 Å². The molecule has 0 atom stereocenters. The fourth-order valence-corrected chi connectivity index (χ4v) is 2.29. The zero-order chi connectivity index (χ0) is 12.0. The molecule has 0 aliphatic carbocycles. The molecule has 5 heteroatoms. The molecule has 0 saturated carbocycles. The monoisotopic (exact) mass is 260 g/mol. The first-order valence-corrected chi connectivity index (χ1v) is 7.93. The Morgan fingerprint density at radius 2 is 1.50 bits per heavy atom. The largest absolute Gasteiger partial charge is 0.353 e. The maximum absolute atomic E-state index is 10.2. The number of rotatable bonds is 2. The number of hydrogen-bond donors (Lipinski definition) is 0. The summed E-state index contributed by atoms with van der Waals surface area (Å²) in [4.78, 5) is 0. The van der Waals surface area contributed by atoms with Gasteiger partial charge in [-0.3, -0.25) is 4.57 Å².